The number of guanidine groups is 1. The first-order chi connectivity index (χ1) is 20.4. The van der Waals surface area contributed by atoms with Crippen LogP contribution in [0.25, 0.3) is 10.9 Å². The summed E-state index contributed by atoms with van der Waals surface area (Å²) < 4.78 is 0. The van der Waals surface area contributed by atoms with E-state index in [9.17, 15) is 24.3 Å². The second-order valence-electron chi connectivity index (χ2n) is 11.1. The summed E-state index contributed by atoms with van der Waals surface area (Å²) in [5, 5.41) is 18.8. The number of carboxylic acids is 1. The van der Waals surface area contributed by atoms with Gasteiger partial charge in [0, 0.05) is 30.1 Å². The van der Waals surface area contributed by atoms with Crippen LogP contribution >= 0.6 is 0 Å². The van der Waals surface area contributed by atoms with Crippen molar-refractivity contribution >= 4 is 40.6 Å². The minimum atomic E-state index is -1.27. The van der Waals surface area contributed by atoms with Crippen LogP contribution in [-0.4, -0.2) is 77.0 Å². The molecule has 1 aromatic carbocycles. The molecule has 0 aliphatic heterocycles. The smallest absolute Gasteiger partial charge is 0.326 e. The number of nitrogens with two attached hydrogens (primary N) is 4. The van der Waals surface area contributed by atoms with Gasteiger partial charge in [-0.3, -0.25) is 19.4 Å². The van der Waals surface area contributed by atoms with Crippen LogP contribution in [0.4, 0.5) is 0 Å². The Morgan fingerprint density at radius 3 is 2.12 bits per heavy atom. The van der Waals surface area contributed by atoms with E-state index < -0.39 is 47.9 Å². The Hall–Kier alpha value is -4.17. The summed E-state index contributed by atoms with van der Waals surface area (Å²) in [5.74, 6) is -2.91. The number of unbranched alkanes of at least 4 members (excludes halogenated alkanes) is 1. The maximum absolute atomic E-state index is 13.4. The van der Waals surface area contributed by atoms with E-state index in [1.165, 1.54) is 0 Å². The van der Waals surface area contributed by atoms with Crippen LogP contribution in [0.1, 0.15) is 57.9 Å². The lowest BCUT2D eigenvalue weighted by Gasteiger charge is -2.25. The molecule has 0 bridgehead atoms. The zero-order chi connectivity index (χ0) is 31.9. The van der Waals surface area contributed by atoms with Crippen LogP contribution in [-0.2, 0) is 25.6 Å². The van der Waals surface area contributed by atoms with Crippen molar-refractivity contribution in [3.05, 3.63) is 36.0 Å². The number of para-hydroxylation sites is 1. The van der Waals surface area contributed by atoms with Crippen LogP contribution in [0, 0.1) is 5.92 Å². The first-order valence-electron chi connectivity index (χ1n) is 14.6. The molecule has 0 aliphatic rings. The maximum Gasteiger partial charge on any atom is 0.326 e. The topological polar surface area (TPSA) is 257 Å². The molecule has 0 saturated carbocycles. The molecule has 4 atom stereocenters. The molecule has 0 saturated heterocycles. The number of aromatic nitrogens is 1. The SMILES string of the molecule is CC(C)CC(N)C(=O)NC(CCCCN)C(=O)NC(CCCN=C(N)N)C(=O)NC(Cc1c[nH]c2ccccc12)C(=O)O. The molecule has 0 aliphatic carbocycles. The van der Waals surface area contributed by atoms with Crippen LogP contribution in [0.15, 0.2) is 35.5 Å². The second kappa shape index (κ2) is 17.7. The lowest BCUT2D eigenvalue weighted by molar-refractivity contribution is -0.142. The molecular formula is C29H47N9O5. The molecule has 4 unspecified atom stereocenters. The van der Waals surface area contributed by atoms with Gasteiger partial charge in [-0.2, -0.15) is 0 Å². The fourth-order valence-corrected chi connectivity index (χ4v) is 4.69. The van der Waals surface area contributed by atoms with Crippen molar-refractivity contribution in [1.82, 2.24) is 20.9 Å². The highest BCUT2D eigenvalue weighted by molar-refractivity contribution is 5.94. The number of carbonyl (C=O) groups excluding carboxylic acids is 3. The molecule has 2 rings (SSSR count). The molecule has 238 valence electrons. The van der Waals surface area contributed by atoms with Crippen molar-refractivity contribution < 1.29 is 24.3 Å². The summed E-state index contributed by atoms with van der Waals surface area (Å²) >= 11 is 0. The summed E-state index contributed by atoms with van der Waals surface area (Å²) in [6, 6.07) is 3.28. The quantitative estimate of drug-likeness (QED) is 0.0586. The van der Waals surface area contributed by atoms with Gasteiger partial charge in [0.1, 0.15) is 18.1 Å². The van der Waals surface area contributed by atoms with E-state index in [0.717, 1.165) is 16.5 Å². The fraction of sp³-hybridized carbons (Fsp3) is 0.552. The number of aliphatic imine (C=N–C) groups is 1. The molecule has 3 amide bonds. The van der Waals surface area contributed by atoms with E-state index >= 15 is 0 Å². The average molecular weight is 602 g/mol. The molecule has 2 aromatic rings. The molecule has 43 heavy (non-hydrogen) atoms. The third kappa shape index (κ3) is 11.9. The molecular weight excluding hydrogens is 554 g/mol. The highest BCUT2D eigenvalue weighted by Gasteiger charge is 2.30. The summed E-state index contributed by atoms with van der Waals surface area (Å²) in [7, 11) is 0. The summed E-state index contributed by atoms with van der Waals surface area (Å²) in [5.41, 5.74) is 24.0. The van der Waals surface area contributed by atoms with Gasteiger partial charge < -0.3 is 49.0 Å². The van der Waals surface area contributed by atoms with Crippen molar-refractivity contribution in [2.24, 2.45) is 33.8 Å². The number of carboxylic acid groups (broad SMARTS) is 1. The number of nitrogens with zero attached hydrogens (tertiary/aromatic N) is 1. The van der Waals surface area contributed by atoms with Crippen LogP contribution < -0.4 is 38.9 Å². The Bertz CT molecular complexity index is 1240. The van der Waals surface area contributed by atoms with Gasteiger partial charge in [-0.1, -0.05) is 32.0 Å². The van der Waals surface area contributed by atoms with Gasteiger partial charge in [0.05, 0.1) is 6.04 Å². The first-order valence-corrected chi connectivity index (χ1v) is 14.6. The number of H-pyrrole nitrogens is 1. The summed E-state index contributed by atoms with van der Waals surface area (Å²) in [4.78, 5) is 58.8. The zero-order valence-electron chi connectivity index (χ0n) is 25.0. The van der Waals surface area contributed by atoms with Gasteiger partial charge in [0.25, 0.3) is 0 Å². The van der Waals surface area contributed by atoms with Crippen LogP contribution in [0.2, 0.25) is 0 Å². The molecule has 1 aromatic heterocycles. The number of aliphatic carboxylic acids is 1. The van der Waals surface area contributed by atoms with Crippen molar-refractivity contribution in [2.75, 3.05) is 13.1 Å². The Balaban J connectivity index is 2.22. The molecule has 1 heterocycles. The number of hydrogen-bond donors (Lipinski definition) is 9. The van der Waals surface area contributed by atoms with E-state index in [0.29, 0.717) is 32.2 Å². The molecule has 0 spiro atoms. The number of carbonyl (C=O) groups is 4. The van der Waals surface area contributed by atoms with E-state index in [1.807, 2.05) is 38.1 Å². The number of benzene rings is 1. The Morgan fingerprint density at radius 2 is 1.51 bits per heavy atom. The first kappa shape index (κ1) is 35.0. The highest BCUT2D eigenvalue weighted by atomic mass is 16.4. The second-order valence-corrected chi connectivity index (χ2v) is 11.1. The van der Waals surface area contributed by atoms with E-state index in [2.05, 4.69) is 25.9 Å². The number of hydrogen-bond acceptors (Lipinski definition) is 7. The van der Waals surface area contributed by atoms with Crippen molar-refractivity contribution in [3.63, 3.8) is 0 Å². The van der Waals surface area contributed by atoms with E-state index in [1.54, 1.807) is 6.20 Å². The number of amides is 3. The third-order valence-corrected chi connectivity index (χ3v) is 6.93. The standard InChI is InChI=1S/C29H47N9O5/c1-17(2)14-20(31)25(39)36-22(10-5-6-12-30)26(40)37-23(11-7-13-34-29(32)33)27(41)38-24(28(42)43)15-18-16-35-21-9-4-3-8-19(18)21/h3-4,8-9,16-17,20,22-24,35H,5-7,10-15,30-31H2,1-2H3,(H,36,39)(H,37,40)(H,38,41)(H,42,43)(H4,32,33,34). The van der Waals surface area contributed by atoms with Gasteiger partial charge in [0.15, 0.2) is 5.96 Å². The van der Waals surface area contributed by atoms with E-state index in [4.69, 9.17) is 22.9 Å². The summed E-state index contributed by atoms with van der Waals surface area (Å²) in [6.45, 7) is 4.48. The zero-order valence-corrected chi connectivity index (χ0v) is 25.0. The number of nitrogens with one attached hydrogen (secondary N) is 4. The molecule has 13 N–H and O–H groups in total. The van der Waals surface area contributed by atoms with Gasteiger partial charge in [-0.15, -0.1) is 0 Å². The molecule has 14 heteroatoms. The number of aromatic amines is 1. The third-order valence-electron chi connectivity index (χ3n) is 6.93. The number of fused-ring (bicyclic) bond motifs is 1. The minimum absolute atomic E-state index is 0.0191. The lowest BCUT2D eigenvalue weighted by Crippen LogP contribution is -2.57. The van der Waals surface area contributed by atoms with Gasteiger partial charge in [0.2, 0.25) is 17.7 Å². The van der Waals surface area contributed by atoms with Crippen LogP contribution in [0.5, 0.6) is 0 Å². The highest BCUT2D eigenvalue weighted by Crippen LogP contribution is 2.19. The molecule has 14 nitrogen and oxygen atoms in total. The largest absolute Gasteiger partial charge is 0.480 e. The van der Waals surface area contributed by atoms with Crippen molar-refractivity contribution in [3.8, 4) is 0 Å². The minimum Gasteiger partial charge on any atom is -0.480 e. The Kier molecular flexibility index (Phi) is 14.4. The average Bonchev–Trinajstić information content (AvgIpc) is 3.35. The van der Waals surface area contributed by atoms with Gasteiger partial charge >= 0.3 is 5.97 Å². The Morgan fingerprint density at radius 1 is 0.907 bits per heavy atom. The van der Waals surface area contributed by atoms with Gasteiger partial charge in [-0.05, 0) is 62.6 Å². The predicted octanol–water partition coefficient (Wildman–Crippen LogP) is -0.195. The Labute approximate surface area is 251 Å². The fourth-order valence-electron chi connectivity index (χ4n) is 4.69. The normalized spacial score (nSPS) is 14.0. The predicted molar refractivity (Wildman–Crippen MR) is 166 cm³/mol. The van der Waals surface area contributed by atoms with Crippen LogP contribution in [0.3, 0.4) is 0 Å². The van der Waals surface area contributed by atoms with E-state index in [-0.39, 0.29) is 37.7 Å². The molecule has 0 fully saturated rings. The number of rotatable bonds is 19. The van der Waals surface area contributed by atoms with Crippen molar-refractivity contribution in [2.45, 2.75) is 83.0 Å². The maximum atomic E-state index is 13.4. The van der Waals surface area contributed by atoms with Gasteiger partial charge in [-0.25, -0.2) is 4.79 Å². The lowest BCUT2D eigenvalue weighted by atomic mass is 10.0. The monoisotopic (exact) mass is 601 g/mol. The molecule has 0 radical (unpaired) electrons. The summed E-state index contributed by atoms with van der Waals surface area (Å²) in [6.07, 6.45) is 4.07. The van der Waals surface area contributed by atoms with Crippen molar-refractivity contribution in [1.29, 1.82) is 0 Å².